The smallest absolute Gasteiger partial charge is 0.112 e. The molecule has 1 atom stereocenters. The van der Waals surface area contributed by atoms with E-state index in [2.05, 4.69) is 36.5 Å². The highest BCUT2D eigenvalue weighted by atomic mass is 14.9. The lowest BCUT2D eigenvalue weighted by Crippen LogP contribution is -2.84. The van der Waals surface area contributed by atoms with Crippen LogP contribution in [-0.2, 0) is 0 Å². The molecule has 0 saturated carbocycles. The van der Waals surface area contributed by atoms with Crippen LogP contribution in [0.1, 0.15) is 42.9 Å². The van der Waals surface area contributed by atoms with Crippen molar-refractivity contribution < 1.29 is 5.32 Å². The maximum Gasteiger partial charge on any atom is 0.112 e. The van der Waals surface area contributed by atoms with Crippen LogP contribution in [0, 0.1) is 6.92 Å². The van der Waals surface area contributed by atoms with Crippen LogP contribution in [0.4, 0.5) is 0 Å². The summed E-state index contributed by atoms with van der Waals surface area (Å²) in [6, 6.07) is 9.55. The lowest BCUT2D eigenvalue weighted by molar-refractivity contribution is -0.694. The fourth-order valence-corrected chi connectivity index (χ4v) is 2.41. The first-order valence-corrected chi connectivity index (χ1v) is 5.77. The van der Waals surface area contributed by atoms with Gasteiger partial charge < -0.3 is 5.32 Å². The molecule has 1 aliphatic rings. The number of nitrogens with two attached hydrogens (primary N) is 1. The van der Waals surface area contributed by atoms with Crippen LogP contribution in [0.15, 0.2) is 24.3 Å². The molecule has 1 heterocycles. The molecule has 1 nitrogen and oxygen atoms in total. The van der Waals surface area contributed by atoms with Gasteiger partial charge in [0.15, 0.2) is 0 Å². The van der Waals surface area contributed by atoms with E-state index in [-0.39, 0.29) is 0 Å². The number of hydrogen-bond acceptors (Lipinski definition) is 0. The zero-order valence-corrected chi connectivity index (χ0v) is 9.00. The van der Waals surface area contributed by atoms with Crippen molar-refractivity contribution in [1.82, 2.24) is 0 Å². The molecule has 0 radical (unpaired) electrons. The summed E-state index contributed by atoms with van der Waals surface area (Å²) in [5.74, 6) is 0. The highest BCUT2D eigenvalue weighted by Crippen LogP contribution is 2.20. The van der Waals surface area contributed by atoms with E-state index in [0.29, 0.717) is 0 Å². The maximum atomic E-state index is 2.52. The average Bonchev–Trinajstić information content (AvgIpc) is 2.47. The molecule has 1 aromatic rings. The van der Waals surface area contributed by atoms with Crippen LogP contribution < -0.4 is 5.32 Å². The van der Waals surface area contributed by atoms with Crippen molar-refractivity contribution in [2.45, 2.75) is 38.6 Å². The van der Waals surface area contributed by atoms with E-state index >= 15 is 0 Å². The predicted octanol–water partition coefficient (Wildman–Crippen LogP) is 2.17. The molecule has 1 heteroatoms. The number of aryl methyl sites for hydroxylation is 1. The topological polar surface area (TPSA) is 16.6 Å². The first-order valence-electron chi connectivity index (χ1n) is 5.77. The van der Waals surface area contributed by atoms with Crippen molar-refractivity contribution in [3.63, 3.8) is 0 Å². The van der Waals surface area contributed by atoms with Gasteiger partial charge in [0.05, 0.1) is 6.54 Å². The number of rotatable bonds is 1. The van der Waals surface area contributed by atoms with Crippen molar-refractivity contribution in [3.8, 4) is 0 Å². The van der Waals surface area contributed by atoms with Crippen LogP contribution in [0.3, 0.4) is 0 Å². The third-order valence-corrected chi connectivity index (χ3v) is 3.26. The van der Waals surface area contributed by atoms with E-state index in [1.54, 1.807) is 5.56 Å². The predicted molar refractivity (Wildman–Crippen MR) is 59.2 cm³/mol. The Hall–Kier alpha value is -0.820. The van der Waals surface area contributed by atoms with Gasteiger partial charge in [-0.05, 0) is 31.7 Å². The second-order valence-electron chi connectivity index (χ2n) is 4.34. The summed E-state index contributed by atoms with van der Waals surface area (Å²) in [6.07, 6.45) is 5.56. The standard InChI is InChI=1S/C13H19N/c1-11-7-4-5-8-12(11)13-9-3-2-6-10-14-13/h4-5,7-8,13-14H,2-3,6,9-10H2,1H3/p+1/t13-/m0/s1. The van der Waals surface area contributed by atoms with E-state index in [1.807, 2.05) is 0 Å². The zero-order chi connectivity index (χ0) is 9.80. The largest absolute Gasteiger partial charge is 0.340 e. The molecule has 0 unspecified atom stereocenters. The molecule has 0 aliphatic carbocycles. The fourth-order valence-electron chi connectivity index (χ4n) is 2.41. The Bertz CT molecular complexity index is 285. The Morgan fingerprint density at radius 3 is 2.86 bits per heavy atom. The monoisotopic (exact) mass is 190 g/mol. The Morgan fingerprint density at radius 1 is 1.14 bits per heavy atom. The maximum absolute atomic E-state index is 2.52. The van der Waals surface area contributed by atoms with Gasteiger partial charge in [-0.2, -0.15) is 0 Å². The molecule has 76 valence electrons. The second-order valence-corrected chi connectivity index (χ2v) is 4.34. The molecule has 2 N–H and O–H groups in total. The van der Waals surface area contributed by atoms with E-state index in [0.717, 1.165) is 6.04 Å². The van der Waals surface area contributed by atoms with E-state index in [4.69, 9.17) is 0 Å². The van der Waals surface area contributed by atoms with Crippen molar-refractivity contribution in [2.75, 3.05) is 6.54 Å². The minimum atomic E-state index is 0.721. The van der Waals surface area contributed by atoms with Gasteiger partial charge in [-0.3, -0.25) is 0 Å². The molecular formula is C13H20N+. The van der Waals surface area contributed by atoms with Gasteiger partial charge in [0.2, 0.25) is 0 Å². The molecule has 14 heavy (non-hydrogen) atoms. The average molecular weight is 190 g/mol. The Labute approximate surface area is 86.5 Å². The summed E-state index contributed by atoms with van der Waals surface area (Å²) in [4.78, 5) is 0. The molecule has 0 aromatic heterocycles. The van der Waals surface area contributed by atoms with Gasteiger partial charge in [0, 0.05) is 12.0 Å². The lowest BCUT2D eigenvalue weighted by Gasteiger charge is -2.14. The molecule has 1 aliphatic heterocycles. The molecule has 1 aromatic carbocycles. The quantitative estimate of drug-likeness (QED) is 0.699. The van der Waals surface area contributed by atoms with Crippen molar-refractivity contribution >= 4 is 0 Å². The van der Waals surface area contributed by atoms with Gasteiger partial charge >= 0.3 is 0 Å². The van der Waals surface area contributed by atoms with Gasteiger partial charge in [-0.25, -0.2) is 0 Å². The van der Waals surface area contributed by atoms with Gasteiger partial charge in [-0.15, -0.1) is 0 Å². The van der Waals surface area contributed by atoms with Gasteiger partial charge in [0.1, 0.15) is 6.04 Å². The molecule has 0 bridgehead atoms. The molecular weight excluding hydrogens is 170 g/mol. The van der Waals surface area contributed by atoms with E-state index < -0.39 is 0 Å². The fraction of sp³-hybridized carbons (Fsp3) is 0.538. The van der Waals surface area contributed by atoms with E-state index in [1.165, 1.54) is 37.8 Å². The van der Waals surface area contributed by atoms with Crippen LogP contribution in [0.5, 0.6) is 0 Å². The number of quaternary nitrogens is 1. The minimum Gasteiger partial charge on any atom is -0.340 e. The highest BCUT2D eigenvalue weighted by molar-refractivity contribution is 5.27. The van der Waals surface area contributed by atoms with Crippen LogP contribution in [-0.4, -0.2) is 6.54 Å². The number of benzene rings is 1. The summed E-state index contributed by atoms with van der Waals surface area (Å²) in [5, 5.41) is 2.52. The minimum absolute atomic E-state index is 0.721. The third-order valence-electron chi connectivity index (χ3n) is 3.26. The normalized spacial score (nSPS) is 23.1. The summed E-state index contributed by atoms with van der Waals surface area (Å²) >= 11 is 0. The molecule has 2 rings (SSSR count). The third kappa shape index (κ3) is 2.16. The van der Waals surface area contributed by atoms with Crippen LogP contribution in [0.2, 0.25) is 0 Å². The molecule has 1 saturated heterocycles. The lowest BCUT2D eigenvalue weighted by atomic mass is 9.98. The highest BCUT2D eigenvalue weighted by Gasteiger charge is 2.17. The van der Waals surface area contributed by atoms with Crippen molar-refractivity contribution in [2.24, 2.45) is 0 Å². The Kier molecular flexibility index (Phi) is 3.20. The first kappa shape index (κ1) is 9.72. The van der Waals surface area contributed by atoms with Crippen molar-refractivity contribution in [1.29, 1.82) is 0 Å². The molecule has 0 spiro atoms. The molecule has 0 amide bonds. The first-order chi connectivity index (χ1) is 6.88. The number of hydrogen-bond donors (Lipinski definition) is 1. The van der Waals surface area contributed by atoms with Crippen LogP contribution in [0.25, 0.3) is 0 Å². The summed E-state index contributed by atoms with van der Waals surface area (Å²) in [6.45, 7) is 3.53. The van der Waals surface area contributed by atoms with Gasteiger partial charge in [0.25, 0.3) is 0 Å². The zero-order valence-electron chi connectivity index (χ0n) is 9.00. The summed E-state index contributed by atoms with van der Waals surface area (Å²) in [7, 11) is 0. The Balaban J connectivity index is 2.16. The molecule has 1 fully saturated rings. The van der Waals surface area contributed by atoms with Gasteiger partial charge in [-0.1, -0.05) is 24.3 Å². The van der Waals surface area contributed by atoms with Crippen molar-refractivity contribution in [3.05, 3.63) is 35.4 Å². The Morgan fingerprint density at radius 2 is 2.00 bits per heavy atom. The summed E-state index contributed by atoms with van der Waals surface area (Å²) in [5.41, 5.74) is 3.00. The SMILES string of the molecule is Cc1ccccc1[C@@H]1CCCCC[NH2+]1. The second kappa shape index (κ2) is 4.61. The van der Waals surface area contributed by atoms with Crippen LogP contribution >= 0.6 is 0 Å². The summed E-state index contributed by atoms with van der Waals surface area (Å²) < 4.78 is 0. The van der Waals surface area contributed by atoms with E-state index in [9.17, 15) is 0 Å².